The number of fused-ring (bicyclic) bond motifs is 1. The Labute approximate surface area is 159 Å². The van der Waals surface area contributed by atoms with Gasteiger partial charge in [0.1, 0.15) is 11.6 Å². The monoisotopic (exact) mass is 364 g/mol. The standard InChI is InChI=1S/C21H24N4O2/c1-2-17-14-22-15-19(17)11-16(1)18-12-20(24-3-7-26-8-4-24)23-21(13-18)25-5-9-27-10-6-25/h1-2,11-14H,3-10,15H2. The molecule has 0 saturated carbocycles. The van der Waals surface area contributed by atoms with Crippen molar-refractivity contribution in [2.45, 2.75) is 6.54 Å². The minimum atomic E-state index is 0.759. The fourth-order valence-electron chi connectivity index (χ4n) is 3.87. The number of anilines is 2. The van der Waals surface area contributed by atoms with E-state index in [1.54, 1.807) is 0 Å². The lowest BCUT2D eigenvalue weighted by atomic mass is 10.0. The minimum Gasteiger partial charge on any atom is -0.378 e. The van der Waals surface area contributed by atoms with Crippen LogP contribution in [0.3, 0.4) is 0 Å². The van der Waals surface area contributed by atoms with Gasteiger partial charge < -0.3 is 19.3 Å². The van der Waals surface area contributed by atoms with E-state index in [1.807, 2.05) is 6.21 Å². The van der Waals surface area contributed by atoms with E-state index in [0.29, 0.717) is 0 Å². The summed E-state index contributed by atoms with van der Waals surface area (Å²) >= 11 is 0. The zero-order chi connectivity index (χ0) is 18.1. The Morgan fingerprint density at radius 1 is 0.741 bits per heavy atom. The average Bonchev–Trinajstić information content (AvgIpc) is 3.22. The molecule has 0 aliphatic carbocycles. The molecule has 3 aliphatic heterocycles. The molecule has 0 N–H and O–H groups in total. The molecule has 0 radical (unpaired) electrons. The molecule has 3 aliphatic rings. The van der Waals surface area contributed by atoms with Gasteiger partial charge >= 0.3 is 0 Å². The molecule has 2 saturated heterocycles. The lowest BCUT2D eigenvalue weighted by Crippen LogP contribution is -2.39. The van der Waals surface area contributed by atoms with Crippen molar-refractivity contribution in [3.05, 3.63) is 41.5 Å². The molecule has 140 valence electrons. The maximum atomic E-state index is 5.52. The van der Waals surface area contributed by atoms with Crippen molar-refractivity contribution in [3.8, 4) is 11.1 Å². The second kappa shape index (κ2) is 7.29. The molecular formula is C21H24N4O2. The maximum Gasteiger partial charge on any atom is 0.131 e. The van der Waals surface area contributed by atoms with E-state index >= 15 is 0 Å². The highest BCUT2D eigenvalue weighted by molar-refractivity contribution is 5.86. The number of morpholine rings is 2. The van der Waals surface area contributed by atoms with E-state index in [1.165, 1.54) is 22.3 Å². The summed E-state index contributed by atoms with van der Waals surface area (Å²) < 4.78 is 11.0. The molecule has 6 nitrogen and oxygen atoms in total. The largest absolute Gasteiger partial charge is 0.378 e. The van der Waals surface area contributed by atoms with Gasteiger partial charge in [-0.25, -0.2) is 4.98 Å². The van der Waals surface area contributed by atoms with Crippen molar-refractivity contribution in [1.82, 2.24) is 4.98 Å². The highest BCUT2D eigenvalue weighted by Crippen LogP contribution is 2.31. The van der Waals surface area contributed by atoms with Crippen molar-refractivity contribution in [3.63, 3.8) is 0 Å². The highest BCUT2D eigenvalue weighted by atomic mass is 16.5. The Bertz CT molecular complexity index is 819. The Morgan fingerprint density at radius 3 is 2.00 bits per heavy atom. The summed E-state index contributed by atoms with van der Waals surface area (Å²) in [7, 11) is 0. The Hall–Kier alpha value is -2.44. The number of aliphatic imine (C=N–C) groups is 1. The number of aromatic nitrogens is 1. The SMILES string of the molecule is C1=NCc2cc(-c3cc(N4CCOCC4)nc(N4CCOCC4)c3)ccc21. The van der Waals surface area contributed by atoms with E-state index in [-0.39, 0.29) is 0 Å². The molecule has 1 aromatic carbocycles. The van der Waals surface area contributed by atoms with Crippen LogP contribution in [0.4, 0.5) is 11.6 Å². The van der Waals surface area contributed by atoms with Crippen LogP contribution in [0.1, 0.15) is 11.1 Å². The third kappa shape index (κ3) is 3.42. The normalized spacial score (nSPS) is 19.4. The van der Waals surface area contributed by atoms with Crippen LogP contribution >= 0.6 is 0 Å². The van der Waals surface area contributed by atoms with Crippen molar-refractivity contribution in [2.24, 2.45) is 4.99 Å². The summed E-state index contributed by atoms with van der Waals surface area (Å²) in [4.78, 5) is 14.0. The quantitative estimate of drug-likeness (QED) is 0.837. The summed E-state index contributed by atoms with van der Waals surface area (Å²) in [6, 6.07) is 11.1. The second-order valence-corrected chi connectivity index (χ2v) is 7.15. The van der Waals surface area contributed by atoms with Gasteiger partial charge in [0.25, 0.3) is 0 Å². The van der Waals surface area contributed by atoms with Gasteiger partial charge in [0.15, 0.2) is 0 Å². The molecule has 4 heterocycles. The van der Waals surface area contributed by atoms with Gasteiger partial charge in [0, 0.05) is 32.4 Å². The van der Waals surface area contributed by atoms with Crippen LogP contribution in [0.15, 0.2) is 35.3 Å². The van der Waals surface area contributed by atoms with Crippen LogP contribution in [0.25, 0.3) is 11.1 Å². The zero-order valence-corrected chi connectivity index (χ0v) is 15.4. The molecule has 0 amide bonds. The number of ether oxygens (including phenoxy) is 2. The zero-order valence-electron chi connectivity index (χ0n) is 15.4. The van der Waals surface area contributed by atoms with Gasteiger partial charge in [-0.2, -0.15) is 0 Å². The van der Waals surface area contributed by atoms with Gasteiger partial charge in [0.05, 0.1) is 33.0 Å². The number of hydrogen-bond acceptors (Lipinski definition) is 6. The summed E-state index contributed by atoms with van der Waals surface area (Å²) in [5, 5.41) is 0. The molecule has 0 atom stereocenters. The van der Waals surface area contributed by atoms with Gasteiger partial charge in [-0.05, 0) is 40.5 Å². The second-order valence-electron chi connectivity index (χ2n) is 7.15. The van der Waals surface area contributed by atoms with Gasteiger partial charge in [0.2, 0.25) is 0 Å². The number of pyridine rings is 1. The van der Waals surface area contributed by atoms with Crippen LogP contribution in [0.5, 0.6) is 0 Å². The third-order valence-corrected chi connectivity index (χ3v) is 5.44. The van der Waals surface area contributed by atoms with Crippen molar-refractivity contribution in [1.29, 1.82) is 0 Å². The first kappa shape index (κ1) is 16.7. The van der Waals surface area contributed by atoms with E-state index in [2.05, 4.69) is 45.1 Å². The Balaban J connectivity index is 1.54. The van der Waals surface area contributed by atoms with Crippen LogP contribution < -0.4 is 9.80 Å². The first-order valence-electron chi connectivity index (χ1n) is 9.67. The predicted molar refractivity (Wildman–Crippen MR) is 107 cm³/mol. The first-order chi connectivity index (χ1) is 13.4. The summed E-state index contributed by atoms with van der Waals surface area (Å²) in [6.45, 7) is 7.36. The lowest BCUT2D eigenvalue weighted by molar-refractivity contribution is 0.121. The number of rotatable bonds is 3. The molecule has 1 aromatic heterocycles. The molecular weight excluding hydrogens is 340 g/mol. The predicted octanol–water partition coefficient (Wildman–Crippen LogP) is 2.35. The fraction of sp³-hybridized carbons (Fsp3) is 0.429. The molecule has 27 heavy (non-hydrogen) atoms. The smallest absolute Gasteiger partial charge is 0.131 e. The van der Waals surface area contributed by atoms with E-state index in [9.17, 15) is 0 Å². The third-order valence-electron chi connectivity index (χ3n) is 5.44. The summed E-state index contributed by atoms with van der Waals surface area (Å²) in [5.74, 6) is 2.07. The first-order valence-corrected chi connectivity index (χ1v) is 9.67. The molecule has 6 heteroatoms. The highest BCUT2D eigenvalue weighted by Gasteiger charge is 2.19. The number of nitrogens with zero attached hydrogens (tertiary/aromatic N) is 4. The Morgan fingerprint density at radius 2 is 1.37 bits per heavy atom. The van der Waals surface area contributed by atoms with Crippen molar-refractivity contribution < 1.29 is 9.47 Å². The van der Waals surface area contributed by atoms with Crippen LogP contribution in [-0.4, -0.2) is 63.8 Å². The van der Waals surface area contributed by atoms with E-state index in [0.717, 1.165) is 70.8 Å². The van der Waals surface area contributed by atoms with Crippen LogP contribution in [0, 0.1) is 0 Å². The summed E-state index contributed by atoms with van der Waals surface area (Å²) in [6.07, 6.45) is 1.96. The number of hydrogen-bond donors (Lipinski definition) is 0. The van der Waals surface area contributed by atoms with Crippen LogP contribution in [-0.2, 0) is 16.0 Å². The maximum absolute atomic E-state index is 5.52. The van der Waals surface area contributed by atoms with Gasteiger partial charge in [-0.1, -0.05) is 12.1 Å². The van der Waals surface area contributed by atoms with Crippen molar-refractivity contribution in [2.75, 3.05) is 62.4 Å². The molecule has 2 aromatic rings. The molecule has 0 spiro atoms. The Kier molecular flexibility index (Phi) is 4.51. The van der Waals surface area contributed by atoms with Gasteiger partial charge in [-0.3, -0.25) is 4.99 Å². The lowest BCUT2D eigenvalue weighted by Gasteiger charge is -2.32. The van der Waals surface area contributed by atoms with Crippen molar-refractivity contribution >= 4 is 17.9 Å². The van der Waals surface area contributed by atoms with Gasteiger partial charge in [-0.15, -0.1) is 0 Å². The molecule has 2 fully saturated rings. The molecule has 5 rings (SSSR count). The van der Waals surface area contributed by atoms with Crippen LogP contribution in [0.2, 0.25) is 0 Å². The summed E-state index contributed by atoms with van der Waals surface area (Å²) in [5.41, 5.74) is 4.97. The molecule has 0 bridgehead atoms. The minimum absolute atomic E-state index is 0.759. The fourth-order valence-corrected chi connectivity index (χ4v) is 3.87. The topological polar surface area (TPSA) is 50.2 Å². The molecule has 0 unspecified atom stereocenters. The average molecular weight is 364 g/mol. The van der Waals surface area contributed by atoms with E-state index < -0.39 is 0 Å². The number of benzene rings is 1. The van der Waals surface area contributed by atoms with E-state index in [4.69, 9.17) is 14.5 Å².